The summed E-state index contributed by atoms with van der Waals surface area (Å²) in [6.45, 7) is 1.97. The summed E-state index contributed by atoms with van der Waals surface area (Å²) in [6, 6.07) is 3.58. The van der Waals surface area contributed by atoms with Crippen LogP contribution in [0.15, 0.2) is 21.5 Å². The van der Waals surface area contributed by atoms with Crippen molar-refractivity contribution in [1.82, 2.24) is 14.5 Å². The fourth-order valence-electron chi connectivity index (χ4n) is 1.48. The molecule has 0 fully saturated rings. The third-order valence-electron chi connectivity index (χ3n) is 2.30. The fraction of sp³-hybridized carbons (Fsp3) is 0.300. The molecule has 0 bridgehead atoms. The van der Waals surface area contributed by atoms with Gasteiger partial charge in [0.1, 0.15) is 10.4 Å². The molecule has 4 nitrogen and oxygen atoms in total. The van der Waals surface area contributed by atoms with Gasteiger partial charge >= 0.3 is 0 Å². The van der Waals surface area contributed by atoms with Gasteiger partial charge in [-0.25, -0.2) is 9.97 Å². The van der Waals surface area contributed by atoms with E-state index < -0.39 is 0 Å². The van der Waals surface area contributed by atoms with E-state index in [9.17, 15) is 4.79 Å². The number of nitrogens with zero attached hydrogens (tertiary/aromatic N) is 3. The van der Waals surface area contributed by atoms with Crippen LogP contribution in [-0.4, -0.2) is 14.5 Å². The van der Waals surface area contributed by atoms with Crippen LogP contribution in [0.5, 0.6) is 0 Å². The highest BCUT2D eigenvalue weighted by Crippen LogP contribution is 2.11. The molecule has 0 aromatic carbocycles. The molecule has 5 heteroatoms. The lowest BCUT2D eigenvalue weighted by molar-refractivity contribution is 0.749. The largest absolute Gasteiger partial charge is 0.298 e. The van der Waals surface area contributed by atoms with E-state index >= 15 is 0 Å². The molecular weight excluding hydrogens is 258 g/mol. The van der Waals surface area contributed by atoms with Crippen LogP contribution in [0.4, 0.5) is 0 Å². The SMILES string of the molecule is CCc1nc2ccc(Br)nc2c(=O)n1C. The molecule has 2 rings (SSSR count). The Morgan fingerprint density at radius 3 is 2.80 bits per heavy atom. The third kappa shape index (κ3) is 1.67. The smallest absolute Gasteiger partial charge is 0.279 e. The molecule has 0 N–H and O–H groups in total. The first-order chi connectivity index (χ1) is 7.13. The average molecular weight is 268 g/mol. The van der Waals surface area contributed by atoms with Crippen LogP contribution in [0.3, 0.4) is 0 Å². The molecule has 78 valence electrons. The minimum Gasteiger partial charge on any atom is -0.298 e. The predicted molar refractivity (Wildman–Crippen MR) is 61.9 cm³/mol. The number of aromatic nitrogens is 3. The molecule has 2 aromatic heterocycles. The number of aryl methyl sites for hydroxylation is 1. The molecule has 0 saturated heterocycles. The Balaban J connectivity index is 2.91. The maximum atomic E-state index is 11.9. The fourth-order valence-corrected chi connectivity index (χ4v) is 1.79. The normalized spacial score (nSPS) is 10.9. The molecule has 0 saturated carbocycles. The second-order valence-corrected chi connectivity index (χ2v) is 4.06. The first-order valence-corrected chi connectivity index (χ1v) is 5.45. The van der Waals surface area contributed by atoms with E-state index in [1.54, 1.807) is 23.7 Å². The standard InChI is InChI=1S/C10H10BrN3O/c1-3-8-12-6-4-5-7(11)13-9(6)10(15)14(8)2/h4-5H,3H2,1-2H3. The van der Waals surface area contributed by atoms with Crippen molar-refractivity contribution in [3.63, 3.8) is 0 Å². The summed E-state index contributed by atoms with van der Waals surface area (Å²) in [4.78, 5) is 20.4. The number of hydrogen-bond acceptors (Lipinski definition) is 3. The third-order valence-corrected chi connectivity index (χ3v) is 2.74. The molecule has 2 heterocycles. The van der Waals surface area contributed by atoms with Crippen molar-refractivity contribution >= 4 is 27.0 Å². The molecule has 2 aromatic rings. The van der Waals surface area contributed by atoms with Crippen LogP contribution in [0, 0.1) is 0 Å². The van der Waals surface area contributed by atoms with Crippen molar-refractivity contribution in [2.75, 3.05) is 0 Å². The summed E-state index contributed by atoms with van der Waals surface area (Å²) in [5.74, 6) is 0.775. The van der Waals surface area contributed by atoms with Crippen LogP contribution in [-0.2, 0) is 13.5 Å². The Bertz CT molecular complexity index is 577. The van der Waals surface area contributed by atoms with Crippen LogP contribution in [0.2, 0.25) is 0 Å². The second kappa shape index (κ2) is 3.73. The van der Waals surface area contributed by atoms with Gasteiger partial charge in [-0.3, -0.25) is 9.36 Å². The molecule has 0 spiro atoms. The molecule has 0 atom stereocenters. The number of rotatable bonds is 1. The van der Waals surface area contributed by atoms with Gasteiger partial charge in [0, 0.05) is 13.5 Å². The van der Waals surface area contributed by atoms with Crippen molar-refractivity contribution < 1.29 is 0 Å². The zero-order valence-electron chi connectivity index (χ0n) is 8.49. The highest BCUT2D eigenvalue weighted by atomic mass is 79.9. The van der Waals surface area contributed by atoms with Gasteiger partial charge in [-0.1, -0.05) is 6.92 Å². The highest BCUT2D eigenvalue weighted by molar-refractivity contribution is 9.10. The van der Waals surface area contributed by atoms with Crippen LogP contribution in [0.1, 0.15) is 12.7 Å². The van der Waals surface area contributed by atoms with Gasteiger partial charge in [0.2, 0.25) is 0 Å². The van der Waals surface area contributed by atoms with Crippen LogP contribution in [0.25, 0.3) is 11.0 Å². The van der Waals surface area contributed by atoms with Crippen LogP contribution < -0.4 is 5.56 Å². The lowest BCUT2D eigenvalue weighted by Gasteiger charge is -2.06. The molecule has 0 unspecified atom stereocenters. The first kappa shape index (κ1) is 10.3. The van der Waals surface area contributed by atoms with Gasteiger partial charge < -0.3 is 0 Å². The minimum absolute atomic E-state index is 0.0989. The number of hydrogen-bond donors (Lipinski definition) is 0. The van der Waals surface area contributed by atoms with E-state index in [0.29, 0.717) is 15.6 Å². The number of halogens is 1. The maximum absolute atomic E-state index is 11.9. The summed E-state index contributed by atoms with van der Waals surface area (Å²) in [7, 11) is 1.72. The topological polar surface area (TPSA) is 47.8 Å². The monoisotopic (exact) mass is 267 g/mol. The van der Waals surface area contributed by atoms with E-state index in [2.05, 4.69) is 25.9 Å². The zero-order valence-corrected chi connectivity index (χ0v) is 10.1. The van der Waals surface area contributed by atoms with E-state index in [-0.39, 0.29) is 5.56 Å². The van der Waals surface area contributed by atoms with Gasteiger partial charge in [0.25, 0.3) is 5.56 Å². The van der Waals surface area contributed by atoms with E-state index in [1.165, 1.54) is 0 Å². The summed E-state index contributed by atoms with van der Waals surface area (Å²) < 4.78 is 2.19. The van der Waals surface area contributed by atoms with Crippen molar-refractivity contribution in [3.8, 4) is 0 Å². The quantitative estimate of drug-likeness (QED) is 0.739. The minimum atomic E-state index is -0.0989. The zero-order chi connectivity index (χ0) is 11.0. The first-order valence-electron chi connectivity index (χ1n) is 4.65. The van der Waals surface area contributed by atoms with Gasteiger partial charge in [0.15, 0.2) is 5.52 Å². The molecule has 0 amide bonds. The summed E-state index contributed by atoms with van der Waals surface area (Å²) in [5, 5.41) is 0. The van der Waals surface area contributed by atoms with Crippen molar-refractivity contribution in [2.45, 2.75) is 13.3 Å². The van der Waals surface area contributed by atoms with Gasteiger partial charge in [-0.05, 0) is 28.1 Å². The number of fused-ring (bicyclic) bond motifs is 1. The molecule has 0 aliphatic rings. The number of pyridine rings is 1. The van der Waals surface area contributed by atoms with Crippen molar-refractivity contribution in [2.24, 2.45) is 7.05 Å². The lowest BCUT2D eigenvalue weighted by Crippen LogP contribution is -2.22. The van der Waals surface area contributed by atoms with Crippen molar-refractivity contribution in [1.29, 1.82) is 0 Å². The van der Waals surface area contributed by atoms with Crippen LogP contribution >= 0.6 is 15.9 Å². The average Bonchev–Trinajstić information content (AvgIpc) is 2.24. The second-order valence-electron chi connectivity index (χ2n) is 3.25. The van der Waals surface area contributed by atoms with E-state index in [0.717, 1.165) is 12.2 Å². The van der Waals surface area contributed by atoms with E-state index in [4.69, 9.17) is 0 Å². The summed E-state index contributed by atoms with van der Waals surface area (Å²) in [6.07, 6.45) is 0.734. The molecule has 0 aliphatic carbocycles. The Morgan fingerprint density at radius 2 is 2.13 bits per heavy atom. The molecular formula is C10H10BrN3O. The van der Waals surface area contributed by atoms with Gasteiger partial charge in [0.05, 0.1) is 5.52 Å². The van der Waals surface area contributed by atoms with Gasteiger partial charge in [-0.2, -0.15) is 0 Å². The maximum Gasteiger partial charge on any atom is 0.279 e. The Morgan fingerprint density at radius 1 is 1.40 bits per heavy atom. The summed E-state index contributed by atoms with van der Waals surface area (Å²) in [5.41, 5.74) is 0.959. The van der Waals surface area contributed by atoms with Gasteiger partial charge in [-0.15, -0.1) is 0 Å². The van der Waals surface area contributed by atoms with E-state index in [1.807, 2.05) is 6.92 Å². The Labute approximate surface area is 95.1 Å². The Kier molecular flexibility index (Phi) is 2.56. The molecule has 15 heavy (non-hydrogen) atoms. The van der Waals surface area contributed by atoms with Crippen molar-refractivity contribution in [3.05, 3.63) is 32.9 Å². The predicted octanol–water partition coefficient (Wildman–Crippen LogP) is 1.65. The lowest BCUT2D eigenvalue weighted by atomic mass is 10.3. The Hall–Kier alpha value is -1.23. The highest BCUT2D eigenvalue weighted by Gasteiger charge is 2.07. The molecule has 0 radical (unpaired) electrons. The summed E-state index contributed by atoms with van der Waals surface area (Å²) >= 11 is 3.24. The molecule has 0 aliphatic heterocycles.